The molecule has 0 atom stereocenters. The van der Waals surface area contributed by atoms with E-state index in [4.69, 9.17) is 0 Å². The molecule has 2 heterocycles. The van der Waals surface area contributed by atoms with Crippen LogP contribution in [0.3, 0.4) is 0 Å². The van der Waals surface area contributed by atoms with Crippen LogP contribution in [0.4, 0.5) is 4.39 Å². The maximum Gasteiger partial charge on any atom is 0.285 e. The Morgan fingerprint density at radius 1 is 1.31 bits per heavy atom. The van der Waals surface area contributed by atoms with Gasteiger partial charge in [0.2, 0.25) is 0 Å². The first-order valence-corrected chi connectivity index (χ1v) is 5.97. The van der Waals surface area contributed by atoms with Crippen molar-refractivity contribution >= 4 is 11.8 Å². The first-order chi connectivity index (χ1) is 7.75. The summed E-state index contributed by atoms with van der Waals surface area (Å²) in [4.78, 5) is 12.8. The van der Waals surface area contributed by atoms with Gasteiger partial charge in [-0.05, 0) is 30.7 Å². The lowest BCUT2D eigenvalue weighted by Gasteiger charge is -2.01. The van der Waals surface area contributed by atoms with Gasteiger partial charge in [0.25, 0.3) is 5.56 Å². The highest BCUT2D eigenvalue weighted by Crippen LogP contribution is 2.27. The van der Waals surface area contributed by atoms with Crippen LogP contribution in [-0.4, -0.2) is 15.5 Å². The molecule has 0 spiro atoms. The molecule has 3 nitrogen and oxygen atoms in total. The number of benzene rings is 1. The quantitative estimate of drug-likeness (QED) is 0.821. The van der Waals surface area contributed by atoms with Crippen LogP contribution in [0.2, 0.25) is 0 Å². The van der Waals surface area contributed by atoms with Gasteiger partial charge in [-0.15, -0.1) is 11.8 Å². The van der Waals surface area contributed by atoms with Crippen molar-refractivity contribution in [1.82, 2.24) is 9.78 Å². The number of halogens is 1. The van der Waals surface area contributed by atoms with E-state index in [-0.39, 0.29) is 11.4 Å². The molecule has 0 radical (unpaired) electrons. The van der Waals surface area contributed by atoms with Gasteiger partial charge in [0, 0.05) is 5.75 Å². The second-order valence-corrected chi connectivity index (χ2v) is 4.74. The van der Waals surface area contributed by atoms with Crippen molar-refractivity contribution in [2.24, 2.45) is 0 Å². The largest absolute Gasteiger partial charge is 0.294 e. The topological polar surface area (TPSA) is 37.8 Å². The van der Waals surface area contributed by atoms with E-state index in [9.17, 15) is 9.18 Å². The third-order valence-electron chi connectivity index (χ3n) is 2.60. The number of H-pyrrole nitrogens is 1. The normalized spacial score (nSPS) is 14.1. The Bertz CT molecular complexity index is 585. The molecule has 1 aromatic carbocycles. The number of aryl methyl sites for hydroxylation is 1. The van der Waals surface area contributed by atoms with Crippen molar-refractivity contribution in [2.45, 2.75) is 11.3 Å². The number of rotatable bonds is 1. The van der Waals surface area contributed by atoms with Crippen molar-refractivity contribution < 1.29 is 4.39 Å². The Balaban J connectivity index is 2.14. The van der Waals surface area contributed by atoms with E-state index >= 15 is 0 Å². The average molecular weight is 236 g/mol. The molecule has 0 bridgehead atoms. The Hall–Kier alpha value is -1.49. The Kier molecular flexibility index (Phi) is 2.14. The lowest BCUT2D eigenvalue weighted by Crippen LogP contribution is -2.15. The van der Waals surface area contributed by atoms with Crippen LogP contribution in [0.1, 0.15) is 5.69 Å². The van der Waals surface area contributed by atoms with E-state index in [1.54, 1.807) is 23.9 Å². The monoisotopic (exact) mass is 236 g/mol. The van der Waals surface area contributed by atoms with Crippen LogP contribution >= 0.6 is 11.8 Å². The molecule has 2 aromatic rings. The van der Waals surface area contributed by atoms with Gasteiger partial charge in [-0.25, -0.2) is 9.07 Å². The van der Waals surface area contributed by atoms with Gasteiger partial charge in [0.15, 0.2) is 0 Å². The van der Waals surface area contributed by atoms with Crippen LogP contribution in [0, 0.1) is 5.82 Å². The molecule has 0 aliphatic carbocycles. The fraction of sp³-hybridized carbons (Fsp3) is 0.182. The van der Waals surface area contributed by atoms with E-state index < -0.39 is 0 Å². The fourth-order valence-corrected chi connectivity index (χ4v) is 2.86. The molecular weight excluding hydrogens is 227 g/mol. The van der Waals surface area contributed by atoms with Gasteiger partial charge in [-0.1, -0.05) is 0 Å². The van der Waals surface area contributed by atoms with E-state index in [1.807, 2.05) is 0 Å². The maximum absolute atomic E-state index is 12.8. The zero-order valence-electron chi connectivity index (χ0n) is 8.37. The molecule has 16 heavy (non-hydrogen) atoms. The summed E-state index contributed by atoms with van der Waals surface area (Å²) in [6.07, 6.45) is 0.892. The number of fused-ring (bicyclic) bond motifs is 1. The Morgan fingerprint density at radius 2 is 2.06 bits per heavy atom. The van der Waals surface area contributed by atoms with Gasteiger partial charge in [0.05, 0.1) is 16.3 Å². The van der Waals surface area contributed by atoms with Crippen molar-refractivity contribution in [3.8, 4) is 5.69 Å². The highest BCUT2D eigenvalue weighted by Gasteiger charge is 2.20. The lowest BCUT2D eigenvalue weighted by atomic mass is 10.3. The van der Waals surface area contributed by atoms with Crippen molar-refractivity contribution in [1.29, 1.82) is 0 Å². The van der Waals surface area contributed by atoms with Gasteiger partial charge < -0.3 is 0 Å². The summed E-state index contributed by atoms with van der Waals surface area (Å²) in [6, 6.07) is 5.88. The standard InChI is InChI=1S/C11H9FN2OS/c12-7-1-3-8(4-2-7)14-11(15)10-9(13-14)5-6-16-10/h1-4,13H,5-6H2. The molecule has 5 heteroatoms. The summed E-state index contributed by atoms with van der Waals surface area (Å²) in [5.74, 6) is 0.658. The van der Waals surface area contributed by atoms with Gasteiger partial charge in [0.1, 0.15) is 5.82 Å². The van der Waals surface area contributed by atoms with Crippen LogP contribution < -0.4 is 5.56 Å². The second-order valence-electron chi connectivity index (χ2n) is 3.63. The molecule has 0 saturated carbocycles. The first kappa shape index (κ1) is 9.72. The molecule has 1 aromatic heterocycles. The highest BCUT2D eigenvalue weighted by atomic mass is 32.2. The number of thioether (sulfide) groups is 1. The molecule has 82 valence electrons. The molecule has 1 N–H and O–H groups in total. The van der Waals surface area contributed by atoms with Crippen molar-refractivity contribution in [3.63, 3.8) is 0 Å². The maximum atomic E-state index is 12.8. The fourth-order valence-electron chi connectivity index (χ4n) is 1.81. The number of hydrogen-bond acceptors (Lipinski definition) is 2. The smallest absolute Gasteiger partial charge is 0.285 e. The van der Waals surface area contributed by atoms with Crippen LogP contribution in [-0.2, 0) is 6.42 Å². The first-order valence-electron chi connectivity index (χ1n) is 4.98. The molecule has 0 fully saturated rings. The second kappa shape index (κ2) is 3.52. The van der Waals surface area contributed by atoms with E-state index in [0.717, 1.165) is 22.8 Å². The van der Waals surface area contributed by atoms with Crippen LogP contribution in [0.25, 0.3) is 5.69 Å². The molecular formula is C11H9FN2OS. The van der Waals surface area contributed by atoms with Crippen LogP contribution in [0.15, 0.2) is 34.0 Å². The number of hydrogen-bond donors (Lipinski definition) is 1. The summed E-state index contributed by atoms with van der Waals surface area (Å²) in [5, 5.41) is 3.06. The van der Waals surface area contributed by atoms with Gasteiger partial charge in [-0.3, -0.25) is 9.89 Å². The minimum atomic E-state index is -0.301. The van der Waals surface area contributed by atoms with E-state index in [0.29, 0.717) is 5.69 Å². The lowest BCUT2D eigenvalue weighted by molar-refractivity contribution is 0.626. The third-order valence-corrected chi connectivity index (χ3v) is 3.72. The summed E-state index contributed by atoms with van der Waals surface area (Å²) in [7, 11) is 0. The van der Waals surface area contributed by atoms with E-state index in [2.05, 4.69) is 5.10 Å². The predicted octanol–water partition coefficient (Wildman–Crippen LogP) is 1.95. The van der Waals surface area contributed by atoms with Crippen molar-refractivity contribution in [3.05, 3.63) is 46.1 Å². The van der Waals surface area contributed by atoms with Gasteiger partial charge in [-0.2, -0.15) is 0 Å². The number of aromatic amines is 1. The minimum Gasteiger partial charge on any atom is -0.294 e. The van der Waals surface area contributed by atoms with Crippen LogP contribution in [0.5, 0.6) is 0 Å². The summed E-state index contributed by atoms with van der Waals surface area (Å²) < 4.78 is 14.2. The number of nitrogens with zero attached hydrogens (tertiary/aromatic N) is 1. The molecule has 0 amide bonds. The van der Waals surface area contributed by atoms with Gasteiger partial charge >= 0.3 is 0 Å². The summed E-state index contributed by atoms with van der Waals surface area (Å²) in [6.45, 7) is 0. The SMILES string of the molecule is O=c1c2c([nH]n1-c1ccc(F)cc1)CCS2. The van der Waals surface area contributed by atoms with Crippen molar-refractivity contribution in [2.75, 3.05) is 5.75 Å². The Labute approximate surface area is 95.3 Å². The third kappa shape index (κ3) is 1.39. The highest BCUT2D eigenvalue weighted by molar-refractivity contribution is 7.99. The molecule has 1 aliphatic rings. The average Bonchev–Trinajstić information content (AvgIpc) is 2.84. The summed E-state index contributed by atoms with van der Waals surface area (Å²) >= 11 is 1.57. The number of nitrogens with one attached hydrogen (secondary N) is 1. The molecule has 1 aliphatic heterocycles. The minimum absolute atomic E-state index is 0.0379. The summed E-state index contributed by atoms with van der Waals surface area (Å²) in [5.41, 5.74) is 1.62. The van der Waals surface area contributed by atoms with E-state index in [1.165, 1.54) is 16.8 Å². The molecule has 0 saturated heterocycles. The number of aromatic nitrogens is 2. The predicted molar refractivity (Wildman–Crippen MR) is 60.8 cm³/mol. The Morgan fingerprint density at radius 3 is 2.75 bits per heavy atom. The molecule has 0 unspecified atom stereocenters. The molecule has 3 rings (SSSR count). The zero-order chi connectivity index (χ0) is 11.1. The zero-order valence-corrected chi connectivity index (χ0v) is 9.18.